The molecule has 2 aromatic rings. The minimum atomic E-state index is -0.575. The molecule has 0 saturated heterocycles. The van der Waals surface area contributed by atoms with E-state index in [9.17, 15) is 9.59 Å². The lowest BCUT2D eigenvalue weighted by Crippen LogP contribution is -2.51. The zero-order valence-corrected chi connectivity index (χ0v) is 19.5. The van der Waals surface area contributed by atoms with Crippen LogP contribution in [0.3, 0.4) is 0 Å². The number of carbonyl (C=O) groups is 2. The Balaban J connectivity index is 1.71. The third kappa shape index (κ3) is 6.59. The van der Waals surface area contributed by atoms with Gasteiger partial charge in [-0.3, -0.25) is 9.59 Å². The first kappa shape index (κ1) is 23.8. The Kier molecular flexibility index (Phi) is 8.72. The van der Waals surface area contributed by atoms with Gasteiger partial charge in [-0.05, 0) is 42.9 Å². The van der Waals surface area contributed by atoms with Crippen LogP contribution in [-0.4, -0.2) is 35.4 Å². The van der Waals surface area contributed by atoms with Gasteiger partial charge in [0, 0.05) is 12.6 Å². The molecule has 0 spiro atoms. The fourth-order valence-corrected chi connectivity index (χ4v) is 4.24. The largest absolute Gasteiger partial charge is 0.483 e. The van der Waals surface area contributed by atoms with Gasteiger partial charge in [0.05, 0.1) is 0 Å². The van der Waals surface area contributed by atoms with Crippen molar-refractivity contribution in [1.82, 2.24) is 10.2 Å². The second-order valence-electron chi connectivity index (χ2n) is 9.01. The smallest absolute Gasteiger partial charge is 0.261 e. The van der Waals surface area contributed by atoms with Gasteiger partial charge in [-0.15, -0.1) is 0 Å². The number of rotatable bonds is 9. The van der Waals surface area contributed by atoms with E-state index in [1.54, 1.807) is 11.8 Å². The first-order valence-corrected chi connectivity index (χ1v) is 11.8. The SMILES string of the molecule is CC(C)c1ccccc1OCC(=O)N(Cc1ccccc1)[C@@H](C)C(=O)NC1CCCCC1. The molecule has 5 heteroatoms. The lowest BCUT2D eigenvalue weighted by molar-refractivity contribution is -0.142. The molecule has 3 rings (SSSR count). The predicted octanol–water partition coefficient (Wildman–Crippen LogP) is 5.06. The number of amides is 2. The number of hydrogen-bond donors (Lipinski definition) is 1. The molecule has 0 aromatic heterocycles. The van der Waals surface area contributed by atoms with Crippen LogP contribution >= 0.6 is 0 Å². The maximum Gasteiger partial charge on any atom is 0.261 e. The van der Waals surface area contributed by atoms with Gasteiger partial charge >= 0.3 is 0 Å². The van der Waals surface area contributed by atoms with Crippen LogP contribution in [-0.2, 0) is 16.1 Å². The summed E-state index contributed by atoms with van der Waals surface area (Å²) in [6, 6.07) is 17.2. The highest BCUT2D eigenvalue weighted by atomic mass is 16.5. The van der Waals surface area contributed by atoms with Gasteiger partial charge in [0.2, 0.25) is 5.91 Å². The second kappa shape index (κ2) is 11.7. The molecule has 0 bridgehead atoms. The number of carbonyl (C=O) groups excluding carboxylic acids is 2. The average molecular weight is 437 g/mol. The van der Waals surface area contributed by atoms with Crippen LogP contribution in [0.5, 0.6) is 5.75 Å². The average Bonchev–Trinajstić information content (AvgIpc) is 2.82. The van der Waals surface area contributed by atoms with Gasteiger partial charge in [-0.2, -0.15) is 0 Å². The molecule has 1 aliphatic rings. The van der Waals surface area contributed by atoms with E-state index in [0.717, 1.165) is 42.6 Å². The molecule has 32 heavy (non-hydrogen) atoms. The first-order valence-electron chi connectivity index (χ1n) is 11.8. The molecular weight excluding hydrogens is 400 g/mol. The summed E-state index contributed by atoms with van der Waals surface area (Å²) in [6.45, 7) is 6.28. The van der Waals surface area contributed by atoms with Crippen LogP contribution in [0, 0.1) is 0 Å². The summed E-state index contributed by atoms with van der Waals surface area (Å²) in [5, 5.41) is 3.16. The summed E-state index contributed by atoms with van der Waals surface area (Å²) < 4.78 is 5.94. The van der Waals surface area contributed by atoms with Gasteiger partial charge in [0.25, 0.3) is 5.91 Å². The van der Waals surface area contributed by atoms with E-state index in [0.29, 0.717) is 12.5 Å². The number of ether oxygens (including phenoxy) is 1. The van der Waals surface area contributed by atoms with Crippen molar-refractivity contribution in [2.45, 2.75) is 77.4 Å². The fourth-order valence-electron chi connectivity index (χ4n) is 4.24. The van der Waals surface area contributed by atoms with E-state index in [2.05, 4.69) is 19.2 Å². The Morgan fingerprint density at radius 3 is 2.31 bits per heavy atom. The Morgan fingerprint density at radius 2 is 1.62 bits per heavy atom. The maximum atomic E-state index is 13.3. The van der Waals surface area contributed by atoms with E-state index < -0.39 is 6.04 Å². The van der Waals surface area contributed by atoms with Crippen LogP contribution in [0.2, 0.25) is 0 Å². The quantitative estimate of drug-likeness (QED) is 0.598. The molecule has 0 heterocycles. The summed E-state index contributed by atoms with van der Waals surface area (Å²) in [4.78, 5) is 27.9. The molecule has 0 unspecified atom stereocenters. The van der Waals surface area contributed by atoms with Gasteiger partial charge in [-0.25, -0.2) is 0 Å². The third-order valence-electron chi connectivity index (χ3n) is 6.21. The first-order chi connectivity index (χ1) is 15.5. The summed E-state index contributed by atoms with van der Waals surface area (Å²) in [5.74, 6) is 0.721. The van der Waals surface area contributed by atoms with Crippen molar-refractivity contribution < 1.29 is 14.3 Å². The van der Waals surface area contributed by atoms with Crippen molar-refractivity contribution in [2.75, 3.05) is 6.61 Å². The van der Waals surface area contributed by atoms with Crippen molar-refractivity contribution in [3.63, 3.8) is 0 Å². The van der Waals surface area contributed by atoms with Crippen LogP contribution in [0.1, 0.15) is 69.9 Å². The summed E-state index contributed by atoms with van der Waals surface area (Å²) in [6.07, 6.45) is 5.56. The third-order valence-corrected chi connectivity index (χ3v) is 6.21. The number of hydrogen-bond acceptors (Lipinski definition) is 3. The molecule has 1 atom stereocenters. The van der Waals surface area contributed by atoms with E-state index in [4.69, 9.17) is 4.74 Å². The minimum Gasteiger partial charge on any atom is -0.483 e. The minimum absolute atomic E-state index is 0.0937. The molecule has 1 aliphatic carbocycles. The van der Waals surface area contributed by atoms with Gasteiger partial charge in [-0.1, -0.05) is 81.6 Å². The topological polar surface area (TPSA) is 58.6 Å². The molecule has 0 radical (unpaired) electrons. The van der Waals surface area contributed by atoms with E-state index in [1.165, 1.54) is 6.42 Å². The molecule has 0 aliphatic heterocycles. The second-order valence-corrected chi connectivity index (χ2v) is 9.01. The van der Waals surface area contributed by atoms with Crippen LogP contribution in [0.15, 0.2) is 54.6 Å². The van der Waals surface area contributed by atoms with Crippen molar-refractivity contribution in [2.24, 2.45) is 0 Å². The molecule has 5 nitrogen and oxygen atoms in total. The Labute approximate surface area is 192 Å². The van der Waals surface area contributed by atoms with Crippen LogP contribution < -0.4 is 10.1 Å². The van der Waals surface area contributed by atoms with Crippen molar-refractivity contribution >= 4 is 11.8 Å². The molecule has 2 amide bonds. The molecule has 2 aromatic carbocycles. The zero-order chi connectivity index (χ0) is 22.9. The predicted molar refractivity (Wildman–Crippen MR) is 127 cm³/mol. The standard InChI is InChI=1S/C27H36N2O3/c1-20(2)24-16-10-11-17-25(24)32-19-26(30)29(18-22-12-6-4-7-13-22)21(3)27(31)28-23-14-8-5-9-15-23/h4,6-7,10-13,16-17,20-21,23H,5,8-9,14-15,18-19H2,1-3H3,(H,28,31)/t21-/m0/s1. The summed E-state index contributed by atoms with van der Waals surface area (Å²) in [7, 11) is 0. The zero-order valence-electron chi connectivity index (χ0n) is 19.5. The molecule has 1 saturated carbocycles. The highest BCUT2D eigenvalue weighted by Gasteiger charge is 2.28. The number of benzene rings is 2. The van der Waals surface area contributed by atoms with Crippen molar-refractivity contribution in [1.29, 1.82) is 0 Å². The monoisotopic (exact) mass is 436 g/mol. The van der Waals surface area contributed by atoms with E-state index in [-0.39, 0.29) is 24.5 Å². The van der Waals surface area contributed by atoms with Gasteiger partial charge in [0.15, 0.2) is 6.61 Å². The Bertz CT molecular complexity index is 875. The van der Waals surface area contributed by atoms with Gasteiger partial charge < -0.3 is 15.0 Å². The van der Waals surface area contributed by atoms with Crippen LogP contribution in [0.4, 0.5) is 0 Å². The maximum absolute atomic E-state index is 13.3. The van der Waals surface area contributed by atoms with Gasteiger partial charge in [0.1, 0.15) is 11.8 Å². The number of nitrogens with zero attached hydrogens (tertiary/aromatic N) is 1. The number of para-hydroxylation sites is 1. The Morgan fingerprint density at radius 1 is 0.969 bits per heavy atom. The lowest BCUT2D eigenvalue weighted by Gasteiger charge is -2.31. The molecular formula is C27H36N2O3. The highest BCUT2D eigenvalue weighted by Crippen LogP contribution is 2.26. The van der Waals surface area contributed by atoms with Crippen molar-refractivity contribution in [3.05, 3.63) is 65.7 Å². The normalized spacial score (nSPS) is 15.2. The van der Waals surface area contributed by atoms with E-state index in [1.807, 2.05) is 54.6 Å². The van der Waals surface area contributed by atoms with Crippen LogP contribution in [0.25, 0.3) is 0 Å². The number of nitrogens with one attached hydrogen (secondary N) is 1. The van der Waals surface area contributed by atoms with E-state index >= 15 is 0 Å². The molecule has 172 valence electrons. The Hall–Kier alpha value is -2.82. The lowest BCUT2D eigenvalue weighted by atomic mass is 9.95. The summed E-state index contributed by atoms with van der Waals surface area (Å²) in [5.41, 5.74) is 2.05. The fraction of sp³-hybridized carbons (Fsp3) is 0.481. The molecule has 1 fully saturated rings. The van der Waals surface area contributed by atoms with Crippen molar-refractivity contribution in [3.8, 4) is 5.75 Å². The highest BCUT2D eigenvalue weighted by molar-refractivity contribution is 5.88. The molecule has 1 N–H and O–H groups in total. The summed E-state index contributed by atoms with van der Waals surface area (Å²) >= 11 is 0.